The number of nitrogens with two attached hydrogens (primary N) is 1. The van der Waals surface area contributed by atoms with Crippen molar-refractivity contribution in [2.75, 3.05) is 36.8 Å². The lowest BCUT2D eigenvalue weighted by Crippen LogP contribution is -2.44. The molecule has 2 amide bonds. The van der Waals surface area contributed by atoms with Gasteiger partial charge in [0.1, 0.15) is 5.82 Å². The molecule has 1 aliphatic carbocycles. The summed E-state index contributed by atoms with van der Waals surface area (Å²) in [6.45, 7) is 3.21. The predicted octanol–water partition coefficient (Wildman–Crippen LogP) is 4.74. The molecule has 1 atom stereocenters. The number of likely N-dealkylation sites (tertiary alicyclic amines) is 1. The standard InChI is InChI=1S/C31H34FN5O2/c32-26-18-21-4-3-7-28(35-29(38)23-5-1-2-6-27(23)33)24(21)19-25(26)30(39)36-15-10-31(11-16-36)12-17-37(20-31)22-8-13-34-14-9-22/h1-2,5-6,8-9,13-14,18-19,28H,3-4,7,10-12,15-17,20,33H2,(H,35,38)/t28-/m1/s1. The largest absolute Gasteiger partial charge is 0.398 e. The first-order valence-electron chi connectivity index (χ1n) is 13.8. The summed E-state index contributed by atoms with van der Waals surface area (Å²) in [4.78, 5) is 34.8. The van der Waals surface area contributed by atoms with Gasteiger partial charge in [-0.05, 0) is 91.5 Å². The minimum Gasteiger partial charge on any atom is -0.398 e. The van der Waals surface area contributed by atoms with Crippen molar-refractivity contribution < 1.29 is 14.0 Å². The molecular weight excluding hydrogens is 493 g/mol. The third-order valence-corrected chi connectivity index (χ3v) is 8.86. The van der Waals surface area contributed by atoms with Gasteiger partial charge in [0, 0.05) is 49.9 Å². The fraction of sp³-hybridized carbons (Fsp3) is 0.387. The lowest BCUT2D eigenvalue weighted by molar-refractivity contribution is 0.0605. The highest BCUT2D eigenvalue weighted by atomic mass is 19.1. The molecule has 0 bridgehead atoms. The number of hydrogen-bond donors (Lipinski definition) is 2. The highest BCUT2D eigenvalue weighted by Crippen LogP contribution is 2.42. The molecular formula is C31H34FN5O2. The number of hydrogen-bond acceptors (Lipinski definition) is 5. The van der Waals surface area contributed by atoms with Crippen LogP contribution in [0.3, 0.4) is 0 Å². The number of carbonyl (C=O) groups excluding carboxylic acids is 2. The quantitative estimate of drug-likeness (QED) is 0.478. The number of rotatable bonds is 4. The summed E-state index contributed by atoms with van der Waals surface area (Å²) in [6.07, 6.45) is 8.83. The fourth-order valence-electron chi connectivity index (χ4n) is 6.55. The Labute approximate surface area is 228 Å². The van der Waals surface area contributed by atoms with E-state index in [-0.39, 0.29) is 28.8 Å². The van der Waals surface area contributed by atoms with Crippen LogP contribution in [-0.4, -0.2) is 47.9 Å². The lowest BCUT2D eigenvalue weighted by Gasteiger charge is -2.39. The van der Waals surface area contributed by atoms with Crippen molar-refractivity contribution in [2.24, 2.45) is 5.41 Å². The van der Waals surface area contributed by atoms with Crippen molar-refractivity contribution in [1.82, 2.24) is 15.2 Å². The zero-order chi connectivity index (χ0) is 27.0. The topological polar surface area (TPSA) is 91.6 Å². The van der Waals surface area contributed by atoms with E-state index in [9.17, 15) is 9.59 Å². The molecule has 7 nitrogen and oxygen atoms in total. The number of piperidine rings is 1. The Morgan fingerprint density at radius 2 is 1.74 bits per heavy atom. The SMILES string of the molecule is Nc1ccccc1C(=O)N[C@@H]1CCCc2cc(F)c(C(=O)N3CCC4(CC3)CCN(c3ccncc3)C4)cc21. The third-order valence-electron chi connectivity index (χ3n) is 8.86. The van der Waals surface area contributed by atoms with Gasteiger partial charge < -0.3 is 20.9 Å². The van der Waals surface area contributed by atoms with Crippen molar-refractivity contribution in [2.45, 2.75) is 44.6 Å². The number of halogens is 1. The van der Waals surface area contributed by atoms with Crippen LogP contribution in [0.25, 0.3) is 0 Å². The molecule has 3 N–H and O–H groups in total. The van der Waals surface area contributed by atoms with Gasteiger partial charge in [0.25, 0.3) is 11.8 Å². The van der Waals surface area contributed by atoms with Crippen LogP contribution < -0.4 is 16.0 Å². The zero-order valence-corrected chi connectivity index (χ0v) is 22.0. The van der Waals surface area contributed by atoms with E-state index < -0.39 is 5.82 Å². The molecule has 2 aromatic carbocycles. The monoisotopic (exact) mass is 527 g/mol. The summed E-state index contributed by atoms with van der Waals surface area (Å²) in [5.41, 5.74) is 9.97. The van der Waals surface area contributed by atoms with Crippen LogP contribution in [0.15, 0.2) is 60.9 Å². The molecule has 3 aromatic rings. The molecule has 1 spiro atoms. The Kier molecular flexibility index (Phi) is 6.71. The number of amides is 2. The molecule has 1 aromatic heterocycles. The second kappa shape index (κ2) is 10.3. The Balaban J connectivity index is 1.16. The molecule has 3 aliphatic rings. The summed E-state index contributed by atoms with van der Waals surface area (Å²) in [6, 6.07) is 13.9. The van der Waals surface area contributed by atoms with Gasteiger partial charge in [-0.2, -0.15) is 0 Å². The van der Waals surface area contributed by atoms with Crippen molar-refractivity contribution in [3.8, 4) is 0 Å². The van der Waals surface area contributed by atoms with Gasteiger partial charge in [-0.25, -0.2) is 4.39 Å². The molecule has 2 aliphatic heterocycles. The normalized spacial score (nSPS) is 20.1. The van der Waals surface area contributed by atoms with Crippen LogP contribution in [0.2, 0.25) is 0 Å². The van der Waals surface area contributed by atoms with Crippen molar-refractivity contribution in [3.63, 3.8) is 0 Å². The molecule has 202 valence electrons. The zero-order valence-electron chi connectivity index (χ0n) is 22.0. The number of carbonyl (C=O) groups is 2. The Morgan fingerprint density at radius 1 is 1.00 bits per heavy atom. The van der Waals surface area contributed by atoms with E-state index in [1.54, 1.807) is 35.2 Å². The number of aromatic nitrogens is 1. The van der Waals surface area contributed by atoms with Gasteiger partial charge in [-0.3, -0.25) is 14.6 Å². The van der Waals surface area contributed by atoms with Gasteiger partial charge in [0.2, 0.25) is 0 Å². The van der Waals surface area contributed by atoms with E-state index in [0.29, 0.717) is 24.3 Å². The molecule has 6 rings (SSSR count). The summed E-state index contributed by atoms with van der Waals surface area (Å²) in [5.74, 6) is -1.01. The van der Waals surface area contributed by atoms with Gasteiger partial charge >= 0.3 is 0 Å². The maximum atomic E-state index is 15.3. The van der Waals surface area contributed by atoms with E-state index in [4.69, 9.17) is 5.73 Å². The number of pyridine rings is 1. The average Bonchev–Trinajstić information content (AvgIpc) is 3.37. The smallest absolute Gasteiger partial charge is 0.256 e. The van der Waals surface area contributed by atoms with Crippen molar-refractivity contribution >= 4 is 23.2 Å². The highest BCUT2D eigenvalue weighted by Gasteiger charge is 2.42. The summed E-state index contributed by atoms with van der Waals surface area (Å²) in [5, 5.41) is 3.07. The van der Waals surface area contributed by atoms with E-state index in [2.05, 4.69) is 15.2 Å². The second-order valence-corrected chi connectivity index (χ2v) is 11.2. The van der Waals surface area contributed by atoms with Crippen LogP contribution >= 0.6 is 0 Å². The Hall–Kier alpha value is -3.94. The molecule has 2 saturated heterocycles. The van der Waals surface area contributed by atoms with Crippen LogP contribution in [0.1, 0.15) is 70.0 Å². The third kappa shape index (κ3) is 4.95. The molecule has 0 saturated carbocycles. The Bertz CT molecular complexity index is 1390. The number of para-hydroxylation sites is 1. The molecule has 39 heavy (non-hydrogen) atoms. The van der Waals surface area contributed by atoms with Crippen LogP contribution in [0.4, 0.5) is 15.8 Å². The number of fused-ring (bicyclic) bond motifs is 1. The summed E-state index contributed by atoms with van der Waals surface area (Å²) < 4.78 is 15.3. The molecule has 8 heteroatoms. The van der Waals surface area contributed by atoms with Crippen molar-refractivity contribution in [3.05, 3.63) is 89.0 Å². The van der Waals surface area contributed by atoms with Crippen LogP contribution in [0.5, 0.6) is 0 Å². The van der Waals surface area contributed by atoms with Gasteiger partial charge in [0.15, 0.2) is 0 Å². The van der Waals surface area contributed by atoms with E-state index in [1.165, 1.54) is 11.8 Å². The van der Waals surface area contributed by atoms with Gasteiger partial charge in [-0.1, -0.05) is 12.1 Å². The van der Waals surface area contributed by atoms with Crippen LogP contribution in [0, 0.1) is 11.2 Å². The fourth-order valence-corrected chi connectivity index (χ4v) is 6.55. The first kappa shape index (κ1) is 25.3. The van der Waals surface area contributed by atoms with Crippen molar-refractivity contribution in [1.29, 1.82) is 0 Å². The Morgan fingerprint density at radius 3 is 2.51 bits per heavy atom. The van der Waals surface area contributed by atoms with Crippen LogP contribution in [-0.2, 0) is 6.42 Å². The highest BCUT2D eigenvalue weighted by molar-refractivity contribution is 5.99. The first-order valence-corrected chi connectivity index (χ1v) is 13.8. The molecule has 0 radical (unpaired) electrons. The van der Waals surface area contributed by atoms with E-state index in [0.717, 1.165) is 62.7 Å². The van der Waals surface area contributed by atoms with Gasteiger partial charge in [-0.15, -0.1) is 0 Å². The molecule has 0 unspecified atom stereocenters. The minimum absolute atomic E-state index is 0.0925. The number of nitrogens with zero attached hydrogens (tertiary/aromatic N) is 3. The predicted molar refractivity (Wildman–Crippen MR) is 149 cm³/mol. The number of anilines is 2. The lowest BCUT2D eigenvalue weighted by atomic mass is 9.77. The van der Waals surface area contributed by atoms with E-state index >= 15 is 4.39 Å². The van der Waals surface area contributed by atoms with Gasteiger partial charge in [0.05, 0.1) is 17.2 Å². The number of aryl methyl sites for hydroxylation is 1. The summed E-state index contributed by atoms with van der Waals surface area (Å²) >= 11 is 0. The number of nitrogen functional groups attached to an aromatic ring is 1. The number of benzene rings is 2. The summed E-state index contributed by atoms with van der Waals surface area (Å²) in [7, 11) is 0. The minimum atomic E-state index is -0.483. The first-order chi connectivity index (χ1) is 18.9. The molecule has 2 fully saturated rings. The second-order valence-electron chi connectivity index (χ2n) is 11.2. The van der Waals surface area contributed by atoms with E-state index in [1.807, 2.05) is 24.5 Å². The maximum Gasteiger partial charge on any atom is 0.256 e. The molecule has 3 heterocycles. The number of nitrogens with one attached hydrogen (secondary N) is 1. The maximum absolute atomic E-state index is 15.3. The average molecular weight is 528 g/mol.